The van der Waals surface area contributed by atoms with E-state index >= 15 is 0 Å². The highest BCUT2D eigenvalue weighted by molar-refractivity contribution is 6.04. The molecule has 2 heterocycles. The van der Waals surface area contributed by atoms with Crippen molar-refractivity contribution in [2.24, 2.45) is 5.41 Å². The van der Waals surface area contributed by atoms with E-state index in [1.807, 2.05) is 31.2 Å². The maximum absolute atomic E-state index is 13.3. The highest BCUT2D eigenvalue weighted by atomic mass is 16.6. The van der Waals surface area contributed by atoms with Gasteiger partial charge in [-0.1, -0.05) is 32.0 Å². The third-order valence-electron chi connectivity index (χ3n) is 6.33. The first-order valence-electron chi connectivity index (χ1n) is 11.0. The average molecular weight is 426 g/mol. The first-order chi connectivity index (χ1) is 14.8. The summed E-state index contributed by atoms with van der Waals surface area (Å²) in [5.74, 6) is -0.226. The van der Waals surface area contributed by atoms with E-state index < -0.39 is 11.9 Å². The van der Waals surface area contributed by atoms with Crippen LogP contribution in [0.2, 0.25) is 0 Å². The normalized spacial score (nSPS) is 25.2. The quantitative estimate of drug-likeness (QED) is 0.719. The molecular formula is C25H31NO5. The van der Waals surface area contributed by atoms with Crippen LogP contribution in [0.3, 0.4) is 0 Å². The maximum atomic E-state index is 13.3. The van der Waals surface area contributed by atoms with Gasteiger partial charge in [0.2, 0.25) is 0 Å². The molecule has 1 N–H and O–H groups in total. The summed E-state index contributed by atoms with van der Waals surface area (Å²) in [5.41, 5.74) is 3.40. The molecule has 1 aliphatic carbocycles. The molecule has 0 bridgehead atoms. The molecule has 2 atom stereocenters. The zero-order valence-corrected chi connectivity index (χ0v) is 18.7. The van der Waals surface area contributed by atoms with Crippen LogP contribution >= 0.6 is 0 Å². The second kappa shape index (κ2) is 8.50. The second-order valence-electron chi connectivity index (χ2n) is 9.41. The van der Waals surface area contributed by atoms with Gasteiger partial charge in [-0.2, -0.15) is 0 Å². The molecule has 166 valence electrons. The monoisotopic (exact) mass is 425 g/mol. The van der Waals surface area contributed by atoms with Gasteiger partial charge in [0, 0.05) is 35.6 Å². The molecule has 1 saturated heterocycles. The molecule has 3 aliphatic rings. The molecule has 4 rings (SSSR count). The fourth-order valence-electron chi connectivity index (χ4n) is 4.94. The van der Waals surface area contributed by atoms with Gasteiger partial charge in [-0.3, -0.25) is 4.79 Å². The van der Waals surface area contributed by atoms with Gasteiger partial charge < -0.3 is 19.5 Å². The lowest BCUT2D eigenvalue weighted by molar-refractivity contribution is -0.142. The fraction of sp³-hybridized carbons (Fsp3) is 0.520. The zero-order valence-electron chi connectivity index (χ0n) is 18.7. The van der Waals surface area contributed by atoms with Crippen LogP contribution in [-0.4, -0.2) is 38.2 Å². The Morgan fingerprint density at radius 1 is 1.26 bits per heavy atom. The number of nitrogens with one attached hydrogen (secondary N) is 1. The van der Waals surface area contributed by atoms with Gasteiger partial charge in [0.05, 0.1) is 24.7 Å². The zero-order chi connectivity index (χ0) is 22.2. The van der Waals surface area contributed by atoms with Crippen molar-refractivity contribution in [1.82, 2.24) is 5.32 Å². The van der Waals surface area contributed by atoms with Crippen LogP contribution in [0.15, 0.2) is 46.8 Å². The van der Waals surface area contributed by atoms with E-state index in [0.717, 1.165) is 36.2 Å². The van der Waals surface area contributed by atoms with E-state index in [0.29, 0.717) is 29.9 Å². The van der Waals surface area contributed by atoms with Crippen LogP contribution in [-0.2, 0) is 19.1 Å². The number of benzene rings is 1. The van der Waals surface area contributed by atoms with Gasteiger partial charge in [-0.05, 0) is 37.7 Å². The van der Waals surface area contributed by atoms with Gasteiger partial charge >= 0.3 is 5.97 Å². The maximum Gasteiger partial charge on any atom is 0.336 e. The lowest BCUT2D eigenvalue weighted by atomic mass is 9.68. The van der Waals surface area contributed by atoms with Crippen LogP contribution in [0.4, 0.5) is 0 Å². The molecule has 0 radical (unpaired) electrons. The Bertz CT molecular complexity index is 952. The SMILES string of the molecule is COc1ccccc1[C@@H]1C(C(=O)OC[C@@H]2CCCO2)=C(C)NC2=C1C(=O)CC(C)(C)C2. The summed E-state index contributed by atoms with van der Waals surface area (Å²) in [6.07, 6.45) is 3.00. The molecule has 31 heavy (non-hydrogen) atoms. The topological polar surface area (TPSA) is 73.9 Å². The van der Waals surface area contributed by atoms with Gasteiger partial charge in [-0.15, -0.1) is 0 Å². The van der Waals surface area contributed by atoms with Crippen LogP contribution in [0.1, 0.15) is 57.9 Å². The Hall–Kier alpha value is -2.60. The summed E-state index contributed by atoms with van der Waals surface area (Å²) < 4.78 is 16.9. The number of Topliss-reactive ketones (excluding diaryl/α,β-unsaturated/α-hetero) is 1. The summed E-state index contributed by atoms with van der Waals surface area (Å²) in [6, 6.07) is 7.57. The second-order valence-corrected chi connectivity index (χ2v) is 9.41. The van der Waals surface area contributed by atoms with Crippen molar-refractivity contribution in [1.29, 1.82) is 0 Å². The molecule has 0 spiro atoms. The molecule has 0 amide bonds. The number of carbonyl (C=O) groups is 2. The van der Waals surface area contributed by atoms with Crippen LogP contribution in [0.5, 0.6) is 5.75 Å². The van der Waals surface area contributed by atoms with E-state index in [1.54, 1.807) is 7.11 Å². The number of rotatable bonds is 5. The van der Waals surface area contributed by atoms with Gasteiger partial charge in [0.1, 0.15) is 12.4 Å². The molecular weight excluding hydrogens is 394 g/mol. The average Bonchev–Trinajstić information content (AvgIpc) is 3.23. The van der Waals surface area contributed by atoms with Crippen LogP contribution in [0.25, 0.3) is 0 Å². The van der Waals surface area contributed by atoms with E-state index in [9.17, 15) is 9.59 Å². The Morgan fingerprint density at radius 2 is 2.03 bits per heavy atom. The summed E-state index contributed by atoms with van der Waals surface area (Å²) >= 11 is 0. The molecule has 1 fully saturated rings. The Labute approximate surface area is 183 Å². The number of ether oxygens (including phenoxy) is 3. The Kier molecular flexibility index (Phi) is 5.93. The lowest BCUT2D eigenvalue weighted by Crippen LogP contribution is -2.39. The number of dihydropyridines is 1. The predicted octanol–water partition coefficient (Wildman–Crippen LogP) is 4.02. The number of esters is 1. The summed E-state index contributed by atoms with van der Waals surface area (Å²) in [7, 11) is 1.60. The van der Waals surface area contributed by atoms with Crippen molar-refractivity contribution in [2.45, 2.75) is 58.5 Å². The Morgan fingerprint density at radius 3 is 2.74 bits per heavy atom. The third kappa shape index (κ3) is 4.26. The minimum absolute atomic E-state index is 0.0574. The number of ketones is 1. The smallest absolute Gasteiger partial charge is 0.336 e. The number of carbonyl (C=O) groups excluding carboxylic acids is 2. The van der Waals surface area contributed by atoms with Crippen LogP contribution in [0, 0.1) is 5.41 Å². The largest absolute Gasteiger partial charge is 0.496 e. The molecule has 1 aromatic rings. The molecule has 0 unspecified atom stereocenters. The highest BCUT2D eigenvalue weighted by Gasteiger charge is 2.44. The van der Waals surface area contributed by atoms with Crippen molar-refractivity contribution < 1.29 is 23.8 Å². The third-order valence-corrected chi connectivity index (χ3v) is 6.33. The van der Waals surface area contributed by atoms with E-state index in [-0.39, 0.29) is 23.9 Å². The Balaban J connectivity index is 1.75. The van der Waals surface area contributed by atoms with Crippen LogP contribution < -0.4 is 10.1 Å². The lowest BCUT2D eigenvalue weighted by Gasteiger charge is -2.39. The van der Waals surface area contributed by atoms with Gasteiger partial charge in [0.25, 0.3) is 0 Å². The number of methoxy groups -OCH3 is 1. The number of para-hydroxylation sites is 1. The first-order valence-corrected chi connectivity index (χ1v) is 11.0. The van der Waals surface area contributed by atoms with E-state index in [2.05, 4.69) is 19.2 Å². The highest BCUT2D eigenvalue weighted by Crippen LogP contribution is 2.48. The number of hydrogen-bond donors (Lipinski definition) is 1. The minimum Gasteiger partial charge on any atom is -0.496 e. The summed E-state index contributed by atoms with van der Waals surface area (Å²) in [5, 5.41) is 3.37. The molecule has 6 heteroatoms. The summed E-state index contributed by atoms with van der Waals surface area (Å²) in [6.45, 7) is 7.00. The van der Waals surface area contributed by atoms with E-state index in [4.69, 9.17) is 14.2 Å². The minimum atomic E-state index is -0.520. The van der Waals surface area contributed by atoms with E-state index in [1.165, 1.54) is 0 Å². The van der Waals surface area contributed by atoms with Crippen molar-refractivity contribution in [3.05, 3.63) is 52.4 Å². The standard InChI is InChI=1S/C25H31NO5/c1-15-21(24(28)31-14-16-8-7-11-30-16)22(17-9-5-6-10-20(17)29-4)23-18(26-15)12-25(2,3)13-19(23)27/h5-6,9-10,16,22,26H,7-8,11-14H2,1-4H3/t16-,22+/m0/s1. The molecule has 0 saturated carbocycles. The van der Waals surface area contributed by atoms with Crippen molar-refractivity contribution in [3.63, 3.8) is 0 Å². The molecule has 1 aromatic carbocycles. The first kappa shape index (κ1) is 21.6. The number of allylic oxidation sites excluding steroid dienone is 3. The molecule has 6 nitrogen and oxygen atoms in total. The molecule has 2 aliphatic heterocycles. The number of hydrogen-bond acceptors (Lipinski definition) is 6. The van der Waals surface area contributed by atoms with Gasteiger partial charge in [-0.25, -0.2) is 4.79 Å². The fourth-order valence-corrected chi connectivity index (χ4v) is 4.94. The van der Waals surface area contributed by atoms with Crippen molar-refractivity contribution >= 4 is 11.8 Å². The molecule has 0 aromatic heterocycles. The summed E-state index contributed by atoms with van der Waals surface area (Å²) in [4.78, 5) is 26.6. The van der Waals surface area contributed by atoms with Crippen molar-refractivity contribution in [2.75, 3.05) is 20.3 Å². The van der Waals surface area contributed by atoms with Crippen molar-refractivity contribution in [3.8, 4) is 5.75 Å². The van der Waals surface area contributed by atoms with Gasteiger partial charge in [0.15, 0.2) is 5.78 Å². The predicted molar refractivity (Wildman–Crippen MR) is 117 cm³/mol.